The lowest BCUT2D eigenvalue weighted by Crippen LogP contribution is -2.28. The van der Waals surface area contributed by atoms with E-state index in [2.05, 4.69) is 15.8 Å². The highest BCUT2D eigenvalue weighted by molar-refractivity contribution is 7.80. The van der Waals surface area contributed by atoms with Crippen LogP contribution in [-0.2, 0) is 0 Å². The van der Waals surface area contributed by atoms with E-state index in [0.29, 0.717) is 10.9 Å². The summed E-state index contributed by atoms with van der Waals surface area (Å²) >= 11 is 10.7. The molecule has 0 aliphatic carbocycles. The Morgan fingerprint density at radius 3 is 2.67 bits per heavy atom. The topological polar surface area (TPSA) is 88.8 Å². The summed E-state index contributed by atoms with van der Waals surface area (Å²) in [5.41, 5.74) is 3.24. The molecule has 2 rings (SSSR count). The summed E-state index contributed by atoms with van der Waals surface area (Å²) in [5.74, 6) is 0.572. The lowest BCUT2D eigenvalue weighted by atomic mass is 10.2. The van der Waals surface area contributed by atoms with E-state index in [-0.39, 0.29) is 16.5 Å². The molecule has 2 aromatic rings. The molecule has 0 fully saturated rings. The zero-order valence-corrected chi connectivity index (χ0v) is 14.1. The molecule has 0 unspecified atom stereocenters. The van der Waals surface area contributed by atoms with Gasteiger partial charge in [-0.1, -0.05) is 11.6 Å². The van der Waals surface area contributed by atoms with Crippen LogP contribution in [0.4, 0.5) is 5.69 Å². The Morgan fingerprint density at radius 2 is 2.04 bits per heavy atom. The molecule has 24 heavy (non-hydrogen) atoms. The number of nitro groups is 1. The summed E-state index contributed by atoms with van der Waals surface area (Å²) in [6, 6.07) is 11.1. The molecule has 0 bridgehead atoms. The van der Waals surface area contributed by atoms with Crippen LogP contribution in [0.25, 0.3) is 0 Å². The minimum atomic E-state index is -0.543. The van der Waals surface area contributed by atoms with Crippen LogP contribution in [-0.4, -0.2) is 23.3 Å². The van der Waals surface area contributed by atoms with Crippen molar-refractivity contribution in [2.45, 2.75) is 0 Å². The molecule has 0 aliphatic rings. The minimum absolute atomic E-state index is 0.117. The molecule has 9 heteroatoms. The first-order valence-electron chi connectivity index (χ1n) is 6.72. The Kier molecular flexibility index (Phi) is 6.05. The number of hydrogen-bond donors (Lipinski definition) is 2. The number of nitro benzene ring substituents is 1. The van der Waals surface area contributed by atoms with Crippen molar-refractivity contribution in [2.24, 2.45) is 5.10 Å². The van der Waals surface area contributed by atoms with Crippen LogP contribution >= 0.6 is 23.8 Å². The summed E-state index contributed by atoms with van der Waals surface area (Å²) in [5, 5.41) is 18.4. The third kappa shape index (κ3) is 4.90. The summed E-state index contributed by atoms with van der Waals surface area (Å²) in [6.07, 6.45) is 1.58. The van der Waals surface area contributed by atoms with Crippen LogP contribution in [0.2, 0.25) is 5.02 Å². The number of hydrazone groups is 1. The smallest absolute Gasteiger partial charge is 0.313 e. The third-order valence-electron chi connectivity index (χ3n) is 2.83. The Morgan fingerprint density at radius 1 is 1.33 bits per heavy atom. The van der Waals surface area contributed by atoms with Crippen LogP contribution in [0.15, 0.2) is 47.6 Å². The lowest BCUT2D eigenvalue weighted by molar-refractivity contribution is -0.385. The van der Waals surface area contributed by atoms with Gasteiger partial charge in [0.2, 0.25) is 5.75 Å². The predicted octanol–water partition coefficient (Wildman–Crippen LogP) is 3.47. The van der Waals surface area contributed by atoms with Gasteiger partial charge in [-0.05, 0) is 54.2 Å². The van der Waals surface area contributed by atoms with Crippen LogP contribution in [0, 0.1) is 10.1 Å². The summed E-state index contributed by atoms with van der Waals surface area (Å²) in [6.45, 7) is 0. The van der Waals surface area contributed by atoms with Crippen LogP contribution in [0.1, 0.15) is 5.56 Å². The molecule has 2 aromatic carbocycles. The number of rotatable bonds is 5. The molecule has 0 saturated carbocycles. The fraction of sp³-hybridized carbons (Fsp3) is 0.0667. The maximum absolute atomic E-state index is 11.0. The van der Waals surface area contributed by atoms with Gasteiger partial charge in [-0.2, -0.15) is 5.10 Å². The highest BCUT2D eigenvalue weighted by atomic mass is 35.5. The average molecular weight is 365 g/mol. The van der Waals surface area contributed by atoms with Crippen molar-refractivity contribution in [1.29, 1.82) is 0 Å². The van der Waals surface area contributed by atoms with Gasteiger partial charge < -0.3 is 10.1 Å². The van der Waals surface area contributed by atoms with Gasteiger partial charge in [0.25, 0.3) is 0 Å². The second kappa shape index (κ2) is 8.23. The largest absolute Gasteiger partial charge is 0.450 e. The maximum atomic E-state index is 11.0. The second-order valence-corrected chi connectivity index (χ2v) is 5.33. The highest BCUT2D eigenvalue weighted by Crippen LogP contribution is 2.33. The van der Waals surface area contributed by atoms with E-state index in [0.717, 1.165) is 5.56 Å². The molecule has 124 valence electrons. The van der Waals surface area contributed by atoms with Crippen molar-refractivity contribution in [3.8, 4) is 11.5 Å². The molecule has 0 aliphatic heterocycles. The number of hydrogen-bond acceptors (Lipinski definition) is 5. The van der Waals surface area contributed by atoms with Gasteiger partial charge in [0.05, 0.1) is 11.1 Å². The van der Waals surface area contributed by atoms with Crippen molar-refractivity contribution >= 4 is 40.8 Å². The Hall–Kier alpha value is -2.71. The molecule has 2 N–H and O–H groups in total. The molecule has 0 aromatic heterocycles. The number of benzene rings is 2. The van der Waals surface area contributed by atoms with E-state index in [9.17, 15) is 10.1 Å². The summed E-state index contributed by atoms with van der Waals surface area (Å²) in [7, 11) is 1.69. The van der Waals surface area contributed by atoms with E-state index in [1.807, 2.05) is 0 Å². The Balaban J connectivity index is 2.10. The van der Waals surface area contributed by atoms with Crippen LogP contribution in [0.3, 0.4) is 0 Å². The third-order valence-corrected chi connectivity index (χ3v) is 3.36. The van der Waals surface area contributed by atoms with E-state index in [1.54, 1.807) is 37.5 Å². The molecule has 0 atom stereocenters. The summed E-state index contributed by atoms with van der Waals surface area (Å²) in [4.78, 5) is 10.5. The number of nitrogens with one attached hydrogen (secondary N) is 2. The fourth-order valence-corrected chi connectivity index (χ4v) is 1.91. The van der Waals surface area contributed by atoms with Crippen LogP contribution in [0.5, 0.6) is 11.5 Å². The average Bonchev–Trinajstić information content (AvgIpc) is 2.57. The number of ether oxygens (including phenoxy) is 1. The van der Waals surface area contributed by atoms with Crippen molar-refractivity contribution in [3.05, 3.63) is 63.2 Å². The second-order valence-electron chi connectivity index (χ2n) is 4.49. The van der Waals surface area contributed by atoms with Crippen LogP contribution < -0.4 is 15.5 Å². The van der Waals surface area contributed by atoms with Gasteiger partial charge in [-0.15, -0.1) is 0 Å². The minimum Gasteiger partial charge on any atom is -0.450 e. The predicted molar refractivity (Wildman–Crippen MR) is 97.0 cm³/mol. The van der Waals surface area contributed by atoms with Crippen molar-refractivity contribution in [3.63, 3.8) is 0 Å². The number of nitrogens with zero attached hydrogens (tertiary/aromatic N) is 2. The normalized spacial score (nSPS) is 10.4. The zero-order chi connectivity index (χ0) is 17.5. The standard InChI is InChI=1S/C15H13ClN4O3S/c1-17-15(24)19-18-9-10-2-5-12(6-3-10)23-14-7-4-11(16)8-13(14)20(21)22/h2-9H,1H3,(H2,17,19,24)/b18-9-. The van der Waals surface area contributed by atoms with E-state index < -0.39 is 4.92 Å². The SMILES string of the molecule is CNC(=S)N/N=C\c1ccc(Oc2ccc(Cl)cc2[N+](=O)[O-])cc1. The molecule has 0 radical (unpaired) electrons. The van der Waals surface area contributed by atoms with Gasteiger partial charge in [-0.3, -0.25) is 15.5 Å². The molecule has 0 amide bonds. The van der Waals surface area contributed by atoms with Crippen molar-refractivity contribution in [2.75, 3.05) is 7.05 Å². The number of thiocarbonyl (C=S) groups is 1. The first kappa shape index (κ1) is 17.6. The van der Waals surface area contributed by atoms with E-state index in [4.69, 9.17) is 28.6 Å². The number of halogens is 1. The first-order valence-corrected chi connectivity index (χ1v) is 7.51. The lowest BCUT2D eigenvalue weighted by Gasteiger charge is -2.07. The molecule has 0 heterocycles. The van der Waals surface area contributed by atoms with Gasteiger partial charge in [0, 0.05) is 18.1 Å². The fourth-order valence-electron chi connectivity index (χ4n) is 1.69. The highest BCUT2D eigenvalue weighted by Gasteiger charge is 2.16. The first-order chi connectivity index (χ1) is 11.5. The maximum Gasteiger partial charge on any atom is 0.313 e. The summed E-state index contributed by atoms with van der Waals surface area (Å²) < 4.78 is 5.55. The van der Waals surface area contributed by atoms with Gasteiger partial charge >= 0.3 is 5.69 Å². The van der Waals surface area contributed by atoms with Gasteiger partial charge in [0.1, 0.15) is 5.75 Å². The Labute approximate surface area is 148 Å². The van der Waals surface area contributed by atoms with E-state index >= 15 is 0 Å². The monoisotopic (exact) mass is 364 g/mol. The molecule has 7 nitrogen and oxygen atoms in total. The molecular weight excluding hydrogens is 352 g/mol. The Bertz CT molecular complexity index is 781. The van der Waals surface area contributed by atoms with Gasteiger partial charge in [-0.25, -0.2) is 0 Å². The molecule has 0 saturated heterocycles. The quantitative estimate of drug-likeness (QED) is 0.365. The van der Waals surface area contributed by atoms with Gasteiger partial charge in [0.15, 0.2) is 5.11 Å². The molecule has 0 spiro atoms. The van der Waals surface area contributed by atoms with E-state index in [1.165, 1.54) is 18.2 Å². The molecular formula is C15H13ClN4O3S. The van der Waals surface area contributed by atoms with Crippen molar-refractivity contribution in [1.82, 2.24) is 10.7 Å². The van der Waals surface area contributed by atoms with Crippen molar-refractivity contribution < 1.29 is 9.66 Å². The zero-order valence-electron chi connectivity index (χ0n) is 12.5.